The number of nitrogens with one attached hydrogen (secondary N) is 1. The Morgan fingerprint density at radius 2 is 1.90 bits per heavy atom. The van der Waals surface area contributed by atoms with Gasteiger partial charge < -0.3 is 15.2 Å². The SMILES string of the molecule is CC(C)Nc1cnccc1Cn1cc(O)n(-c2ccc(OC(F)(F)F)cc2)c1=O. The van der Waals surface area contributed by atoms with Crippen molar-refractivity contribution < 1.29 is 23.0 Å². The third-order valence-corrected chi connectivity index (χ3v) is 3.96. The zero-order valence-electron chi connectivity index (χ0n) is 15.6. The van der Waals surface area contributed by atoms with Gasteiger partial charge in [-0.2, -0.15) is 0 Å². The van der Waals surface area contributed by atoms with Crippen LogP contribution in [0, 0.1) is 0 Å². The van der Waals surface area contributed by atoms with Crippen LogP contribution in [0.1, 0.15) is 19.4 Å². The summed E-state index contributed by atoms with van der Waals surface area (Å²) in [5, 5.41) is 13.5. The van der Waals surface area contributed by atoms with Gasteiger partial charge in [-0.05, 0) is 49.7 Å². The van der Waals surface area contributed by atoms with Crippen molar-refractivity contribution in [3.05, 3.63) is 65.0 Å². The number of nitrogens with zero attached hydrogens (tertiary/aromatic N) is 3. The molecule has 0 aliphatic carbocycles. The minimum atomic E-state index is -4.81. The number of aromatic nitrogens is 3. The van der Waals surface area contributed by atoms with Crippen LogP contribution in [0.25, 0.3) is 5.69 Å². The first-order chi connectivity index (χ1) is 13.6. The number of pyridine rings is 1. The number of rotatable bonds is 6. The van der Waals surface area contributed by atoms with Gasteiger partial charge in [0.15, 0.2) is 0 Å². The van der Waals surface area contributed by atoms with Crippen LogP contribution in [0.3, 0.4) is 0 Å². The molecule has 0 saturated carbocycles. The second kappa shape index (κ2) is 7.90. The molecular weight excluding hydrogens is 389 g/mol. The molecule has 0 bridgehead atoms. The van der Waals surface area contributed by atoms with Crippen molar-refractivity contribution in [2.75, 3.05) is 5.32 Å². The lowest BCUT2D eigenvalue weighted by atomic mass is 10.2. The molecule has 29 heavy (non-hydrogen) atoms. The van der Waals surface area contributed by atoms with E-state index in [2.05, 4.69) is 15.0 Å². The molecule has 154 valence electrons. The lowest BCUT2D eigenvalue weighted by Crippen LogP contribution is -2.24. The number of aromatic hydroxyl groups is 1. The molecule has 10 heteroatoms. The summed E-state index contributed by atoms with van der Waals surface area (Å²) in [4.78, 5) is 16.8. The van der Waals surface area contributed by atoms with E-state index in [-0.39, 0.29) is 24.2 Å². The van der Waals surface area contributed by atoms with Crippen molar-refractivity contribution in [2.45, 2.75) is 32.8 Å². The van der Waals surface area contributed by atoms with Crippen LogP contribution in [0.2, 0.25) is 0 Å². The molecule has 0 unspecified atom stereocenters. The first kappa shape index (κ1) is 20.3. The van der Waals surface area contributed by atoms with Crippen LogP contribution in [-0.4, -0.2) is 31.6 Å². The van der Waals surface area contributed by atoms with Gasteiger partial charge in [-0.15, -0.1) is 13.2 Å². The smallest absolute Gasteiger partial charge is 0.493 e. The predicted octanol–water partition coefficient (Wildman–Crippen LogP) is 3.51. The fourth-order valence-electron chi connectivity index (χ4n) is 2.82. The summed E-state index contributed by atoms with van der Waals surface area (Å²) >= 11 is 0. The summed E-state index contributed by atoms with van der Waals surface area (Å²) in [5.74, 6) is -0.763. The maximum absolute atomic E-state index is 12.8. The molecule has 0 amide bonds. The number of hydrogen-bond donors (Lipinski definition) is 2. The summed E-state index contributed by atoms with van der Waals surface area (Å²) in [6.45, 7) is 4.11. The largest absolute Gasteiger partial charge is 0.573 e. The number of anilines is 1. The fraction of sp³-hybridized carbons (Fsp3) is 0.263. The molecule has 0 saturated heterocycles. The Morgan fingerprint density at radius 3 is 2.52 bits per heavy atom. The number of halogens is 3. The van der Waals surface area contributed by atoms with E-state index >= 15 is 0 Å². The van der Waals surface area contributed by atoms with Gasteiger partial charge in [0.25, 0.3) is 0 Å². The van der Waals surface area contributed by atoms with Gasteiger partial charge in [0.1, 0.15) is 5.75 Å². The second-order valence-corrected chi connectivity index (χ2v) is 6.61. The Hall–Kier alpha value is -3.43. The third-order valence-electron chi connectivity index (χ3n) is 3.96. The third kappa shape index (κ3) is 4.89. The molecular formula is C19H19F3N4O3. The van der Waals surface area contributed by atoms with Crippen LogP contribution >= 0.6 is 0 Å². The summed E-state index contributed by atoms with van der Waals surface area (Å²) in [6.07, 6.45) is -0.295. The van der Waals surface area contributed by atoms with Crippen molar-refractivity contribution in [1.82, 2.24) is 14.1 Å². The van der Waals surface area contributed by atoms with E-state index in [0.717, 1.165) is 28.0 Å². The average molecular weight is 408 g/mol. The zero-order valence-corrected chi connectivity index (χ0v) is 15.6. The maximum Gasteiger partial charge on any atom is 0.573 e. The molecule has 0 atom stereocenters. The fourth-order valence-corrected chi connectivity index (χ4v) is 2.82. The van der Waals surface area contributed by atoms with Crippen molar-refractivity contribution in [3.8, 4) is 17.3 Å². The van der Waals surface area contributed by atoms with E-state index < -0.39 is 17.8 Å². The normalized spacial score (nSPS) is 11.7. The van der Waals surface area contributed by atoms with E-state index in [1.165, 1.54) is 22.9 Å². The van der Waals surface area contributed by atoms with Crippen molar-refractivity contribution in [3.63, 3.8) is 0 Å². The Morgan fingerprint density at radius 1 is 1.21 bits per heavy atom. The van der Waals surface area contributed by atoms with Crippen LogP contribution in [-0.2, 0) is 6.54 Å². The van der Waals surface area contributed by atoms with E-state index in [1.807, 2.05) is 13.8 Å². The molecule has 2 heterocycles. The lowest BCUT2D eigenvalue weighted by molar-refractivity contribution is -0.274. The van der Waals surface area contributed by atoms with Gasteiger partial charge >= 0.3 is 12.1 Å². The number of alkyl halides is 3. The van der Waals surface area contributed by atoms with E-state index in [1.54, 1.807) is 18.5 Å². The topological polar surface area (TPSA) is 81.3 Å². The highest BCUT2D eigenvalue weighted by molar-refractivity contribution is 5.49. The maximum atomic E-state index is 12.8. The first-order valence-corrected chi connectivity index (χ1v) is 8.71. The summed E-state index contributed by atoms with van der Waals surface area (Å²) in [5.41, 5.74) is 1.22. The molecule has 2 aromatic heterocycles. The molecule has 2 N–H and O–H groups in total. The van der Waals surface area contributed by atoms with Gasteiger partial charge in [0.05, 0.1) is 30.3 Å². The molecule has 3 rings (SSSR count). The lowest BCUT2D eigenvalue weighted by Gasteiger charge is -2.14. The Labute approximate surface area is 164 Å². The number of imidazole rings is 1. The quantitative estimate of drug-likeness (QED) is 0.653. The second-order valence-electron chi connectivity index (χ2n) is 6.61. The Kier molecular flexibility index (Phi) is 5.53. The monoisotopic (exact) mass is 408 g/mol. The predicted molar refractivity (Wildman–Crippen MR) is 100 cm³/mol. The average Bonchev–Trinajstić information content (AvgIpc) is 2.89. The first-order valence-electron chi connectivity index (χ1n) is 8.71. The highest BCUT2D eigenvalue weighted by atomic mass is 19.4. The van der Waals surface area contributed by atoms with Crippen LogP contribution in [0.4, 0.5) is 18.9 Å². The van der Waals surface area contributed by atoms with Crippen LogP contribution in [0.15, 0.2) is 53.7 Å². The molecule has 0 radical (unpaired) electrons. The summed E-state index contributed by atoms with van der Waals surface area (Å²) in [7, 11) is 0. The molecule has 3 aromatic rings. The van der Waals surface area contributed by atoms with Crippen LogP contribution in [0.5, 0.6) is 11.6 Å². The standard InChI is InChI=1S/C19H19F3N4O3/c1-12(2)24-16-9-23-8-7-13(16)10-25-11-17(27)26(18(25)28)14-3-5-15(6-4-14)29-19(20,21)22/h3-9,11-12,24,27H,10H2,1-2H3. The molecule has 0 aliphatic rings. The Balaban J connectivity index is 1.89. The number of benzene rings is 1. The number of hydrogen-bond acceptors (Lipinski definition) is 5. The van der Waals surface area contributed by atoms with E-state index in [4.69, 9.17) is 0 Å². The van der Waals surface area contributed by atoms with Gasteiger partial charge in [-0.3, -0.25) is 9.55 Å². The highest BCUT2D eigenvalue weighted by Gasteiger charge is 2.31. The molecule has 0 aliphatic heterocycles. The van der Waals surface area contributed by atoms with E-state index in [0.29, 0.717) is 0 Å². The van der Waals surface area contributed by atoms with Crippen molar-refractivity contribution >= 4 is 5.69 Å². The van der Waals surface area contributed by atoms with Crippen molar-refractivity contribution in [1.29, 1.82) is 0 Å². The molecule has 0 fully saturated rings. The molecule has 1 aromatic carbocycles. The van der Waals surface area contributed by atoms with Gasteiger partial charge in [0.2, 0.25) is 5.88 Å². The van der Waals surface area contributed by atoms with Crippen molar-refractivity contribution in [2.24, 2.45) is 0 Å². The molecule has 0 spiro atoms. The van der Waals surface area contributed by atoms with Crippen LogP contribution < -0.4 is 15.7 Å². The Bertz CT molecular complexity index is 1040. The molecule has 7 nitrogen and oxygen atoms in total. The zero-order chi connectivity index (χ0) is 21.2. The summed E-state index contributed by atoms with van der Waals surface area (Å²) in [6, 6.07) is 6.56. The van der Waals surface area contributed by atoms with Gasteiger partial charge in [-0.1, -0.05) is 0 Å². The van der Waals surface area contributed by atoms with Gasteiger partial charge in [0, 0.05) is 12.2 Å². The summed E-state index contributed by atoms with van der Waals surface area (Å²) < 4.78 is 43.0. The van der Waals surface area contributed by atoms with E-state index in [9.17, 15) is 23.1 Å². The van der Waals surface area contributed by atoms with Gasteiger partial charge in [-0.25, -0.2) is 9.36 Å². The highest BCUT2D eigenvalue weighted by Crippen LogP contribution is 2.25. The number of ether oxygens (including phenoxy) is 1. The minimum Gasteiger partial charge on any atom is -0.493 e. The minimum absolute atomic E-state index is 0.158.